The van der Waals surface area contributed by atoms with Gasteiger partial charge in [0, 0.05) is 6.20 Å². The lowest BCUT2D eigenvalue weighted by Gasteiger charge is -2.29. The molecule has 10 heteroatoms. The lowest BCUT2D eigenvalue weighted by Crippen LogP contribution is -2.52. The molecule has 0 spiro atoms. The Balaban J connectivity index is 2.36. The zero-order chi connectivity index (χ0) is 16.9. The zero-order valence-electron chi connectivity index (χ0n) is 12.4. The summed E-state index contributed by atoms with van der Waals surface area (Å²) in [5.74, 6) is -3.15. The Hall–Kier alpha value is -2.36. The number of nitrogens with zero attached hydrogens (tertiary/aromatic N) is 1. The van der Waals surface area contributed by atoms with Crippen LogP contribution in [0, 0.1) is 0 Å². The summed E-state index contributed by atoms with van der Waals surface area (Å²) in [6.07, 6.45) is -1.62. The maximum atomic E-state index is 13.0. The number of rotatable bonds is 4. The molecule has 1 heterocycles. The van der Waals surface area contributed by atoms with Crippen molar-refractivity contribution in [2.75, 3.05) is 13.3 Å². The third kappa shape index (κ3) is 5.56. The van der Waals surface area contributed by atoms with Crippen LogP contribution in [-0.4, -0.2) is 53.2 Å². The Bertz CT molecular complexity index is 488. The summed E-state index contributed by atoms with van der Waals surface area (Å²) >= 11 is 0. The summed E-state index contributed by atoms with van der Waals surface area (Å²) in [7, 11) is 0. The van der Waals surface area contributed by atoms with Crippen LogP contribution < -0.4 is 10.6 Å². The lowest BCUT2D eigenvalue weighted by atomic mass is 10.2. The first kappa shape index (κ1) is 17.7. The molecule has 22 heavy (non-hydrogen) atoms. The fourth-order valence-corrected chi connectivity index (χ4v) is 1.33. The van der Waals surface area contributed by atoms with Gasteiger partial charge in [0.25, 0.3) is 5.91 Å². The second-order valence-corrected chi connectivity index (χ2v) is 5.31. The molecule has 0 saturated heterocycles. The number of amides is 2. The van der Waals surface area contributed by atoms with Crippen LogP contribution in [0.5, 0.6) is 0 Å². The van der Waals surface area contributed by atoms with Crippen LogP contribution in [0.25, 0.3) is 0 Å². The Morgan fingerprint density at radius 3 is 2.73 bits per heavy atom. The number of nitrogens with one attached hydrogen (secondary N) is 2. The Kier molecular flexibility index (Phi) is 5.69. The second kappa shape index (κ2) is 7.07. The quantitative estimate of drug-likeness (QED) is 0.600. The van der Waals surface area contributed by atoms with E-state index < -0.39 is 49.0 Å². The number of aliphatic hydroxyl groups is 1. The minimum atomic E-state index is -1.52. The number of esters is 1. The molecule has 0 radical (unpaired) electrons. The van der Waals surface area contributed by atoms with Crippen molar-refractivity contribution in [1.29, 1.82) is 0 Å². The van der Waals surface area contributed by atoms with E-state index in [2.05, 4.69) is 15.4 Å². The minimum absolute atomic E-state index is 0.501. The molecule has 1 aliphatic rings. The average molecular weight is 319 g/mol. The van der Waals surface area contributed by atoms with Gasteiger partial charge in [-0.1, -0.05) is 0 Å². The molecular weight excluding hydrogens is 301 g/mol. The van der Waals surface area contributed by atoms with Crippen molar-refractivity contribution in [3.63, 3.8) is 0 Å². The molecule has 2 amide bonds. The van der Waals surface area contributed by atoms with Crippen molar-refractivity contribution < 1.29 is 33.4 Å². The van der Waals surface area contributed by atoms with E-state index in [1.165, 1.54) is 0 Å². The summed E-state index contributed by atoms with van der Waals surface area (Å²) in [5, 5.41) is 13.7. The highest BCUT2D eigenvalue weighted by molar-refractivity contribution is 5.92. The molecule has 1 atom stereocenters. The number of aliphatic hydroxyl groups excluding tert-OH is 1. The Morgan fingerprint density at radius 1 is 1.50 bits per heavy atom. The molecule has 124 valence electrons. The molecule has 9 nitrogen and oxygen atoms in total. The van der Waals surface area contributed by atoms with Crippen molar-refractivity contribution in [3.05, 3.63) is 12.0 Å². The van der Waals surface area contributed by atoms with Crippen molar-refractivity contribution in [2.45, 2.75) is 32.7 Å². The van der Waals surface area contributed by atoms with E-state index in [0.29, 0.717) is 11.1 Å². The van der Waals surface area contributed by atoms with E-state index in [1.807, 2.05) is 0 Å². The van der Waals surface area contributed by atoms with Gasteiger partial charge >= 0.3 is 12.1 Å². The van der Waals surface area contributed by atoms with Crippen molar-refractivity contribution >= 4 is 18.0 Å². The summed E-state index contributed by atoms with van der Waals surface area (Å²) in [5.41, 5.74) is -0.714. The van der Waals surface area contributed by atoms with E-state index in [-0.39, 0.29) is 0 Å². The molecule has 0 saturated carbocycles. The van der Waals surface area contributed by atoms with E-state index in [9.17, 15) is 23.9 Å². The lowest BCUT2D eigenvalue weighted by molar-refractivity contribution is -0.164. The highest BCUT2D eigenvalue weighted by Gasteiger charge is 2.29. The third-order valence-electron chi connectivity index (χ3n) is 2.26. The smallest absolute Gasteiger partial charge is 0.408 e. The number of halogens is 1. The molecule has 0 aromatic rings. The van der Waals surface area contributed by atoms with Gasteiger partial charge in [0.2, 0.25) is 12.2 Å². The number of hydrogen-bond donors (Lipinski definition) is 3. The molecule has 3 N–H and O–H groups in total. The molecule has 0 fully saturated rings. The van der Waals surface area contributed by atoms with Gasteiger partial charge in [0.1, 0.15) is 12.1 Å². The molecule has 1 unspecified atom stereocenters. The fraction of sp³-hybridized carbons (Fsp3) is 0.583. The minimum Gasteiger partial charge on any atom is -0.444 e. The molecule has 0 bridgehead atoms. The monoisotopic (exact) mass is 319 g/mol. The largest absolute Gasteiger partial charge is 0.444 e. The number of ether oxygens (including phenoxy) is 2. The number of carbonyl (C=O) groups excluding carboxylic acids is 3. The first-order valence-electron chi connectivity index (χ1n) is 6.33. The SMILES string of the molecule is CC(C)(C)OC(=O)NCC(=O)OCN1C(=O)C(F)=CNC1O. The van der Waals surface area contributed by atoms with Crippen LogP contribution in [0.4, 0.5) is 9.18 Å². The normalized spacial score (nSPS) is 18.2. The van der Waals surface area contributed by atoms with Crippen molar-refractivity contribution in [1.82, 2.24) is 15.5 Å². The van der Waals surface area contributed by atoms with Crippen LogP contribution in [-0.2, 0) is 19.1 Å². The van der Waals surface area contributed by atoms with Gasteiger partial charge in [-0.15, -0.1) is 0 Å². The molecule has 0 aromatic carbocycles. The van der Waals surface area contributed by atoms with Gasteiger partial charge in [-0.05, 0) is 20.8 Å². The first-order valence-corrected chi connectivity index (χ1v) is 6.33. The zero-order valence-corrected chi connectivity index (χ0v) is 12.4. The highest BCUT2D eigenvalue weighted by atomic mass is 19.1. The number of hydrogen-bond acceptors (Lipinski definition) is 7. The number of alkyl carbamates (subject to hydrolysis) is 1. The van der Waals surface area contributed by atoms with Crippen LogP contribution in [0.2, 0.25) is 0 Å². The predicted molar refractivity (Wildman–Crippen MR) is 70.4 cm³/mol. The van der Waals surface area contributed by atoms with Crippen molar-refractivity contribution in [3.8, 4) is 0 Å². The van der Waals surface area contributed by atoms with Gasteiger partial charge in [-0.2, -0.15) is 4.39 Å². The van der Waals surface area contributed by atoms with E-state index in [1.54, 1.807) is 20.8 Å². The molecule has 1 aliphatic heterocycles. The number of carbonyl (C=O) groups is 3. The molecule has 0 aromatic heterocycles. The first-order chi connectivity index (χ1) is 10.1. The van der Waals surface area contributed by atoms with Crippen LogP contribution in [0.3, 0.4) is 0 Å². The average Bonchev–Trinajstić information content (AvgIpc) is 2.39. The summed E-state index contributed by atoms with van der Waals surface area (Å²) in [6, 6.07) is 0. The molecular formula is C12H18FN3O6. The summed E-state index contributed by atoms with van der Waals surface area (Å²) in [6.45, 7) is 3.79. The highest BCUT2D eigenvalue weighted by Crippen LogP contribution is 2.10. The van der Waals surface area contributed by atoms with Gasteiger partial charge < -0.3 is 25.2 Å². The summed E-state index contributed by atoms with van der Waals surface area (Å²) < 4.78 is 22.6. The Labute approximate surface area is 126 Å². The van der Waals surface area contributed by atoms with Crippen molar-refractivity contribution in [2.24, 2.45) is 0 Å². The van der Waals surface area contributed by atoms with E-state index in [4.69, 9.17) is 4.74 Å². The topological polar surface area (TPSA) is 117 Å². The maximum absolute atomic E-state index is 13.0. The van der Waals surface area contributed by atoms with Gasteiger partial charge in [0.05, 0.1) is 0 Å². The third-order valence-corrected chi connectivity index (χ3v) is 2.26. The van der Waals surface area contributed by atoms with Gasteiger partial charge in [-0.25, -0.2) is 4.79 Å². The van der Waals surface area contributed by atoms with E-state index in [0.717, 1.165) is 0 Å². The van der Waals surface area contributed by atoms with Crippen LogP contribution in [0.1, 0.15) is 20.8 Å². The predicted octanol–water partition coefficient (Wildman–Crippen LogP) is -0.470. The van der Waals surface area contributed by atoms with Crippen LogP contribution >= 0.6 is 0 Å². The fourth-order valence-electron chi connectivity index (χ4n) is 1.33. The second-order valence-electron chi connectivity index (χ2n) is 5.31. The summed E-state index contributed by atoms with van der Waals surface area (Å²) in [4.78, 5) is 34.6. The molecule has 1 rings (SSSR count). The van der Waals surface area contributed by atoms with Crippen LogP contribution in [0.15, 0.2) is 12.0 Å². The van der Waals surface area contributed by atoms with Gasteiger partial charge in [0.15, 0.2) is 6.73 Å². The standard InChI is InChI=1S/C12H18FN3O6/c1-12(2,3)22-11(20)15-5-8(17)21-6-16-9(18)7(13)4-14-10(16)19/h4,10,14,19H,5-6H2,1-3H3,(H,15,20). The molecule has 0 aliphatic carbocycles. The van der Waals surface area contributed by atoms with E-state index >= 15 is 0 Å². The maximum Gasteiger partial charge on any atom is 0.408 e. The Morgan fingerprint density at radius 2 is 2.14 bits per heavy atom. The van der Waals surface area contributed by atoms with Gasteiger partial charge in [-0.3, -0.25) is 14.5 Å².